The lowest BCUT2D eigenvalue weighted by molar-refractivity contribution is -0.124. The van der Waals surface area contributed by atoms with Gasteiger partial charge in [0.1, 0.15) is 6.04 Å². The van der Waals surface area contributed by atoms with Gasteiger partial charge in [-0.2, -0.15) is 0 Å². The summed E-state index contributed by atoms with van der Waals surface area (Å²) in [4.78, 5) is 14.2. The highest BCUT2D eigenvalue weighted by Gasteiger charge is 2.18. The number of halogens is 1. The van der Waals surface area contributed by atoms with Crippen LogP contribution in [0.25, 0.3) is 0 Å². The number of thiophene rings is 1. The third-order valence-electron chi connectivity index (χ3n) is 2.59. The first kappa shape index (κ1) is 17.4. The van der Waals surface area contributed by atoms with E-state index in [1.807, 2.05) is 6.92 Å². The fourth-order valence-electron chi connectivity index (χ4n) is 1.73. The highest BCUT2D eigenvalue weighted by atomic mass is 35.5. The van der Waals surface area contributed by atoms with E-state index in [1.54, 1.807) is 11.3 Å². The number of carbonyl (C=O) groups excluding carboxylic acids is 1. The van der Waals surface area contributed by atoms with Crippen LogP contribution in [-0.2, 0) is 9.53 Å². The number of nitrogens with two attached hydrogens (primary N) is 1. The number of amides is 1. The predicted octanol–water partition coefficient (Wildman–Crippen LogP) is 1.94. The molecule has 0 radical (unpaired) electrons. The van der Waals surface area contributed by atoms with E-state index in [0.29, 0.717) is 0 Å². The third kappa shape index (κ3) is 4.57. The van der Waals surface area contributed by atoms with Crippen molar-refractivity contribution < 1.29 is 9.53 Å². The van der Waals surface area contributed by atoms with Crippen molar-refractivity contribution in [3.05, 3.63) is 21.4 Å². The van der Waals surface area contributed by atoms with Crippen molar-refractivity contribution in [2.75, 3.05) is 13.7 Å². The first-order chi connectivity index (χ1) is 7.95. The van der Waals surface area contributed by atoms with Crippen LogP contribution in [0, 0.1) is 13.8 Å². The Labute approximate surface area is 118 Å². The smallest absolute Gasteiger partial charge is 0.239 e. The zero-order chi connectivity index (χ0) is 13.0. The van der Waals surface area contributed by atoms with Crippen molar-refractivity contribution in [2.24, 2.45) is 5.73 Å². The topological polar surface area (TPSA) is 64.3 Å². The maximum Gasteiger partial charge on any atom is 0.239 e. The van der Waals surface area contributed by atoms with Gasteiger partial charge in [0.05, 0.1) is 12.6 Å². The number of nitrogens with one attached hydrogen (secondary N) is 1. The molecule has 0 aromatic carbocycles. The Kier molecular flexibility index (Phi) is 7.47. The molecule has 6 heteroatoms. The molecule has 2 atom stereocenters. The third-order valence-corrected chi connectivity index (χ3v) is 3.57. The average Bonchev–Trinajstić information content (AvgIpc) is 2.58. The molecule has 0 aliphatic rings. The lowest BCUT2D eigenvalue weighted by Crippen LogP contribution is -2.44. The highest BCUT2D eigenvalue weighted by Crippen LogP contribution is 2.25. The molecule has 0 bridgehead atoms. The fourth-order valence-corrected chi connectivity index (χ4v) is 2.76. The van der Waals surface area contributed by atoms with Gasteiger partial charge in [-0.25, -0.2) is 0 Å². The molecule has 1 amide bonds. The summed E-state index contributed by atoms with van der Waals surface area (Å²) in [6.07, 6.45) is 0. The van der Waals surface area contributed by atoms with Gasteiger partial charge in [-0.05, 0) is 32.4 Å². The predicted molar refractivity (Wildman–Crippen MR) is 77.5 cm³/mol. The Balaban J connectivity index is 0.00000289. The molecule has 18 heavy (non-hydrogen) atoms. The van der Waals surface area contributed by atoms with E-state index in [2.05, 4.69) is 25.2 Å². The minimum Gasteiger partial charge on any atom is -0.383 e. The number of methoxy groups -OCH3 is 1. The molecule has 104 valence electrons. The average molecular weight is 293 g/mol. The number of rotatable bonds is 5. The zero-order valence-corrected chi connectivity index (χ0v) is 12.8. The first-order valence-corrected chi connectivity index (χ1v) is 6.39. The minimum atomic E-state index is -0.609. The molecule has 0 aliphatic carbocycles. The molecule has 0 saturated heterocycles. The van der Waals surface area contributed by atoms with Gasteiger partial charge >= 0.3 is 0 Å². The van der Waals surface area contributed by atoms with E-state index in [4.69, 9.17) is 10.5 Å². The van der Waals surface area contributed by atoms with E-state index >= 15 is 0 Å². The number of aryl methyl sites for hydroxylation is 2. The van der Waals surface area contributed by atoms with Crippen LogP contribution in [0.3, 0.4) is 0 Å². The van der Waals surface area contributed by atoms with Gasteiger partial charge in [0.15, 0.2) is 0 Å². The number of hydrogen-bond donors (Lipinski definition) is 2. The van der Waals surface area contributed by atoms with Crippen LogP contribution in [0.4, 0.5) is 0 Å². The SMILES string of the molecule is COCC(N)C(=O)NC(C)c1cc(C)sc1C.Cl. The van der Waals surface area contributed by atoms with Crippen LogP contribution in [0.5, 0.6) is 0 Å². The standard InChI is InChI=1S/C12H20N2O2S.ClH/c1-7-5-10(9(3)17-7)8(2)14-12(15)11(13)6-16-4;/h5,8,11H,6,13H2,1-4H3,(H,14,15);1H. The molecular weight excluding hydrogens is 272 g/mol. The number of hydrogen-bond acceptors (Lipinski definition) is 4. The van der Waals surface area contributed by atoms with Crippen LogP contribution in [0.1, 0.15) is 28.3 Å². The van der Waals surface area contributed by atoms with Crippen molar-refractivity contribution in [2.45, 2.75) is 32.9 Å². The molecule has 3 N–H and O–H groups in total. The molecule has 1 heterocycles. The molecule has 0 spiro atoms. The quantitative estimate of drug-likeness (QED) is 0.872. The van der Waals surface area contributed by atoms with Crippen LogP contribution >= 0.6 is 23.7 Å². The van der Waals surface area contributed by atoms with Crippen molar-refractivity contribution in [1.29, 1.82) is 0 Å². The minimum absolute atomic E-state index is 0. The maximum atomic E-state index is 11.7. The van der Waals surface area contributed by atoms with Gasteiger partial charge in [-0.1, -0.05) is 0 Å². The normalized spacial score (nSPS) is 13.6. The van der Waals surface area contributed by atoms with Crippen molar-refractivity contribution in [3.63, 3.8) is 0 Å². The summed E-state index contributed by atoms with van der Waals surface area (Å²) in [6.45, 7) is 6.32. The molecule has 0 aliphatic heterocycles. The summed E-state index contributed by atoms with van der Waals surface area (Å²) in [7, 11) is 1.53. The van der Waals surface area contributed by atoms with Gasteiger partial charge in [-0.3, -0.25) is 4.79 Å². The Bertz CT molecular complexity index is 395. The Morgan fingerprint density at radius 1 is 1.56 bits per heavy atom. The molecule has 1 aromatic rings. The summed E-state index contributed by atoms with van der Waals surface area (Å²) < 4.78 is 4.86. The summed E-state index contributed by atoms with van der Waals surface area (Å²) in [5.41, 5.74) is 6.82. The largest absolute Gasteiger partial charge is 0.383 e. The Hall–Kier alpha value is -0.620. The molecule has 1 rings (SSSR count). The molecule has 0 fully saturated rings. The number of carbonyl (C=O) groups is 1. The molecule has 2 unspecified atom stereocenters. The van der Waals surface area contributed by atoms with Gasteiger partial charge in [-0.15, -0.1) is 23.7 Å². The summed E-state index contributed by atoms with van der Waals surface area (Å²) in [5, 5.41) is 2.90. The van der Waals surface area contributed by atoms with Gasteiger partial charge in [0, 0.05) is 16.9 Å². The van der Waals surface area contributed by atoms with E-state index in [1.165, 1.54) is 16.9 Å². The highest BCUT2D eigenvalue weighted by molar-refractivity contribution is 7.12. The van der Waals surface area contributed by atoms with E-state index in [-0.39, 0.29) is 31.0 Å². The Morgan fingerprint density at radius 2 is 2.17 bits per heavy atom. The van der Waals surface area contributed by atoms with Gasteiger partial charge < -0.3 is 15.8 Å². The summed E-state index contributed by atoms with van der Waals surface area (Å²) >= 11 is 1.74. The summed E-state index contributed by atoms with van der Waals surface area (Å²) in [5.74, 6) is -0.178. The van der Waals surface area contributed by atoms with Crippen LogP contribution in [-0.4, -0.2) is 25.7 Å². The van der Waals surface area contributed by atoms with Crippen LogP contribution in [0.15, 0.2) is 6.07 Å². The second kappa shape index (κ2) is 7.74. The maximum absolute atomic E-state index is 11.7. The van der Waals surface area contributed by atoms with Gasteiger partial charge in [0.25, 0.3) is 0 Å². The molecule has 4 nitrogen and oxygen atoms in total. The molecular formula is C12H21ClN2O2S. The van der Waals surface area contributed by atoms with Gasteiger partial charge in [0.2, 0.25) is 5.91 Å². The zero-order valence-electron chi connectivity index (χ0n) is 11.1. The lowest BCUT2D eigenvalue weighted by Gasteiger charge is -2.17. The second-order valence-electron chi connectivity index (χ2n) is 4.16. The van der Waals surface area contributed by atoms with Crippen LogP contribution in [0.2, 0.25) is 0 Å². The molecule has 0 saturated carbocycles. The van der Waals surface area contributed by atoms with Crippen molar-refractivity contribution in [3.8, 4) is 0 Å². The number of ether oxygens (including phenoxy) is 1. The van der Waals surface area contributed by atoms with Crippen molar-refractivity contribution >= 4 is 29.7 Å². The van der Waals surface area contributed by atoms with E-state index in [9.17, 15) is 4.79 Å². The molecule has 1 aromatic heterocycles. The Morgan fingerprint density at radius 3 is 2.61 bits per heavy atom. The summed E-state index contributed by atoms with van der Waals surface area (Å²) in [6, 6.07) is 1.48. The lowest BCUT2D eigenvalue weighted by atomic mass is 10.1. The first-order valence-electron chi connectivity index (χ1n) is 5.57. The van der Waals surface area contributed by atoms with E-state index in [0.717, 1.165) is 5.56 Å². The van der Waals surface area contributed by atoms with E-state index < -0.39 is 6.04 Å². The van der Waals surface area contributed by atoms with Crippen molar-refractivity contribution in [1.82, 2.24) is 5.32 Å². The second-order valence-corrected chi connectivity index (χ2v) is 5.62. The monoisotopic (exact) mass is 292 g/mol. The fraction of sp³-hybridized carbons (Fsp3) is 0.583. The van der Waals surface area contributed by atoms with Crippen LogP contribution < -0.4 is 11.1 Å².